The average Bonchev–Trinajstić information content (AvgIpc) is 3.25. The summed E-state index contributed by atoms with van der Waals surface area (Å²) in [5, 5.41) is 7.22. The van der Waals surface area contributed by atoms with Crippen LogP contribution in [0.3, 0.4) is 0 Å². The molecule has 0 spiro atoms. The van der Waals surface area contributed by atoms with E-state index in [1.165, 1.54) is 26.5 Å². The highest BCUT2D eigenvalue weighted by Gasteiger charge is 2.33. The van der Waals surface area contributed by atoms with Crippen LogP contribution in [-0.4, -0.2) is 0 Å². The Labute approximate surface area is 320 Å². The normalized spacial score (nSPS) is 11.1. The minimum Gasteiger partial charge on any atom is -0.414 e. The Kier molecular flexibility index (Phi) is 11.5. The van der Waals surface area contributed by atoms with Crippen LogP contribution < -0.4 is 48.0 Å². The van der Waals surface area contributed by atoms with Gasteiger partial charge in [-0.15, -0.1) is 11.4 Å². The molecule has 0 saturated heterocycles. The van der Waals surface area contributed by atoms with Crippen LogP contribution in [-0.2, 0) is 0 Å². The molecule has 0 aliphatic heterocycles. The first-order chi connectivity index (χ1) is 26.6. The average molecular weight is 737 g/mol. The monoisotopic (exact) mass is 736 g/mol. The molecule has 0 fully saturated rings. The molecule has 4 nitrogen and oxygen atoms in total. The first kappa shape index (κ1) is 36.2. The first-order valence-corrected chi connectivity index (χ1v) is 21.3. The zero-order valence-corrected chi connectivity index (χ0v) is 31.6. The molecule has 0 aromatic heterocycles. The van der Waals surface area contributed by atoms with E-state index in [0.717, 1.165) is 16.7 Å². The molecule has 8 rings (SSSR count). The number of benzene rings is 8. The van der Waals surface area contributed by atoms with Crippen molar-refractivity contribution in [2.45, 2.75) is 0 Å². The molecule has 0 amide bonds. The van der Waals surface area contributed by atoms with Gasteiger partial charge in [0.15, 0.2) is 7.05 Å². The Morgan fingerprint density at radius 1 is 0.426 bits per heavy atom. The van der Waals surface area contributed by atoms with Crippen LogP contribution in [0.2, 0.25) is 0 Å². The summed E-state index contributed by atoms with van der Waals surface area (Å²) in [5.41, 5.74) is 15.6. The summed E-state index contributed by atoms with van der Waals surface area (Å²) < 4.78 is 9.22. The number of anilines is 2. The Morgan fingerprint density at radius 2 is 0.852 bits per heavy atom. The van der Waals surface area contributed by atoms with Gasteiger partial charge in [0.2, 0.25) is 0 Å². The highest BCUT2D eigenvalue weighted by molar-refractivity contribution is 7.87. The largest absolute Gasteiger partial charge is 1.00 e. The number of para-hydroxylation sites is 2. The third-order valence-corrected chi connectivity index (χ3v) is 16.5. The minimum atomic E-state index is -2.31. The molecule has 0 radical (unpaired) electrons. The first-order valence-electron chi connectivity index (χ1n) is 17.8. The van der Waals surface area contributed by atoms with Gasteiger partial charge in [-0.05, 0) is 64.8 Å². The summed E-state index contributed by atoms with van der Waals surface area (Å²) in [6.07, 6.45) is 0. The van der Waals surface area contributed by atoms with Crippen molar-refractivity contribution in [3.05, 3.63) is 231 Å². The number of hydrogen-bond donors (Lipinski definition) is 3. The number of nitrogens with one attached hydrogen (secondary N) is 1. The van der Waals surface area contributed by atoms with Gasteiger partial charge < -0.3 is 11.5 Å². The van der Waals surface area contributed by atoms with Crippen molar-refractivity contribution in [2.24, 2.45) is 4.74 Å². The topological polar surface area (TPSA) is 78.4 Å². The SMILES string of the molecule is Nc1[c-]cccc1[NH+]=P(c1ccccc1)(c1ccccc1)c1ccccc1.Nc1ccccc1N=P(c1[c-]cccc1)(c1ccccc1)c1ccccc1.[H+]. The number of nitrogens with two attached hydrogens (primary N) is 2. The number of hydrogen-bond acceptors (Lipinski definition) is 3. The van der Waals surface area contributed by atoms with Crippen molar-refractivity contribution in [2.75, 3.05) is 11.5 Å². The van der Waals surface area contributed by atoms with Crippen LogP contribution in [0.4, 0.5) is 22.7 Å². The fourth-order valence-corrected chi connectivity index (χ4v) is 13.7. The summed E-state index contributed by atoms with van der Waals surface area (Å²) in [6, 6.07) is 81.2. The van der Waals surface area contributed by atoms with Gasteiger partial charge in [0.1, 0.15) is 5.69 Å². The Bertz CT molecular complexity index is 2130. The highest BCUT2D eigenvalue weighted by atomic mass is 31.2. The van der Waals surface area contributed by atoms with Crippen LogP contribution in [0, 0.1) is 12.1 Å². The van der Waals surface area contributed by atoms with E-state index in [1.54, 1.807) is 0 Å². The molecule has 0 aliphatic carbocycles. The highest BCUT2D eigenvalue weighted by Crippen LogP contribution is 2.50. The van der Waals surface area contributed by atoms with Crippen molar-refractivity contribution in [1.29, 1.82) is 0 Å². The number of nitrogens with zero attached hydrogens (tertiary/aromatic N) is 1. The van der Waals surface area contributed by atoms with Crippen LogP contribution in [0.5, 0.6) is 0 Å². The summed E-state index contributed by atoms with van der Waals surface area (Å²) >= 11 is 0. The van der Waals surface area contributed by atoms with Gasteiger partial charge in [0, 0.05) is 23.0 Å². The standard InChI is InChI=1S/2C24H20N2P/c2*25-23-18-10-11-19-24(23)26-27(20-12-4-1-5-13-20,21-14-6-2-7-15-21)22-16-8-3-9-17-22/h1-16,18-19H,25H2;1-17,19H,25H2/q2*-1/p+2. The second kappa shape index (κ2) is 17.1. The van der Waals surface area contributed by atoms with Gasteiger partial charge >= 0.3 is 1.43 Å². The van der Waals surface area contributed by atoms with Gasteiger partial charge in [-0.1, -0.05) is 127 Å². The van der Waals surface area contributed by atoms with E-state index in [4.69, 9.17) is 16.2 Å². The number of rotatable bonds is 8. The van der Waals surface area contributed by atoms with E-state index in [-0.39, 0.29) is 1.43 Å². The summed E-state index contributed by atoms with van der Waals surface area (Å²) in [7, 11) is -4.46. The lowest BCUT2D eigenvalue weighted by molar-refractivity contribution is -0.325. The maximum absolute atomic E-state index is 6.28. The van der Waals surface area contributed by atoms with Crippen molar-refractivity contribution < 1.29 is 6.17 Å². The molecule has 0 unspecified atom stereocenters. The third-order valence-electron chi connectivity index (χ3n) is 9.10. The zero-order chi connectivity index (χ0) is 37.1. The van der Waals surface area contributed by atoms with E-state index in [0.29, 0.717) is 11.4 Å². The predicted octanol–water partition coefficient (Wildman–Crippen LogP) is 7.95. The molecule has 0 heterocycles. The molecule has 8 aromatic rings. The fraction of sp³-hybridized carbons (Fsp3) is 0. The van der Waals surface area contributed by atoms with E-state index >= 15 is 0 Å². The minimum absolute atomic E-state index is 0. The van der Waals surface area contributed by atoms with Crippen molar-refractivity contribution in [3.63, 3.8) is 0 Å². The van der Waals surface area contributed by atoms with E-state index in [1.807, 2.05) is 66.7 Å². The van der Waals surface area contributed by atoms with E-state index in [2.05, 4.69) is 169 Å². The Balaban J connectivity index is 0.000000184. The molecule has 0 saturated carbocycles. The van der Waals surface area contributed by atoms with Gasteiger partial charge in [-0.2, -0.15) is 48.5 Å². The molecule has 6 heteroatoms. The Hall–Kier alpha value is -6.18. The predicted molar refractivity (Wildman–Crippen MR) is 233 cm³/mol. The molecule has 0 atom stereocenters. The van der Waals surface area contributed by atoms with Crippen LogP contribution >= 0.6 is 14.1 Å². The second-order valence-electron chi connectivity index (χ2n) is 12.5. The molecular weight excluding hydrogens is 695 g/mol. The summed E-state index contributed by atoms with van der Waals surface area (Å²) in [5.74, 6) is 0. The lowest BCUT2D eigenvalue weighted by atomic mass is 10.3. The van der Waals surface area contributed by atoms with Crippen molar-refractivity contribution in [3.8, 4) is 0 Å². The zero-order valence-electron chi connectivity index (χ0n) is 30.8. The molecule has 0 aliphatic rings. The van der Waals surface area contributed by atoms with Crippen molar-refractivity contribution >= 4 is 68.7 Å². The summed E-state index contributed by atoms with van der Waals surface area (Å²) in [4.78, 5) is 0. The smallest absolute Gasteiger partial charge is 0.414 e. The quantitative estimate of drug-likeness (QED) is 0.0842. The van der Waals surface area contributed by atoms with Crippen molar-refractivity contribution in [1.82, 2.24) is 0 Å². The van der Waals surface area contributed by atoms with Crippen LogP contribution in [0.25, 0.3) is 0 Å². The molecule has 8 aromatic carbocycles. The van der Waals surface area contributed by atoms with E-state index in [9.17, 15) is 0 Å². The molecular formula is C48H42N4P2. The van der Waals surface area contributed by atoms with E-state index < -0.39 is 14.1 Å². The Morgan fingerprint density at radius 3 is 1.30 bits per heavy atom. The molecule has 0 bridgehead atoms. The second-order valence-corrected chi connectivity index (χ2v) is 18.6. The van der Waals surface area contributed by atoms with Gasteiger partial charge in [-0.3, -0.25) is 9.49 Å². The van der Waals surface area contributed by atoms with Crippen LogP contribution in [0.1, 0.15) is 1.43 Å². The van der Waals surface area contributed by atoms with Gasteiger partial charge in [0.05, 0.1) is 11.4 Å². The maximum Gasteiger partial charge on any atom is 1.00 e. The van der Waals surface area contributed by atoms with Gasteiger partial charge in [0.25, 0.3) is 0 Å². The lowest BCUT2D eigenvalue weighted by Gasteiger charge is -2.30. The molecule has 264 valence electrons. The third kappa shape index (κ3) is 7.63. The summed E-state index contributed by atoms with van der Waals surface area (Å²) in [6.45, 7) is 0. The van der Waals surface area contributed by atoms with Gasteiger partial charge in [-0.25, -0.2) is 0 Å². The fourth-order valence-electron chi connectivity index (χ4n) is 6.53. The number of nitrogen functional groups attached to an aromatic ring is 2. The van der Waals surface area contributed by atoms with Crippen LogP contribution in [0.15, 0.2) is 223 Å². The molecule has 5 N–H and O–H groups in total. The molecule has 54 heavy (non-hydrogen) atoms. The lowest BCUT2D eigenvalue weighted by Crippen LogP contribution is -2.65. The maximum atomic E-state index is 6.28.